The molecule has 4 aromatic rings. The highest BCUT2D eigenvalue weighted by Gasteiger charge is 2.59. The van der Waals surface area contributed by atoms with Crippen LogP contribution in [0.5, 0.6) is 0 Å². The maximum Gasteiger partial charge on any atom is 0.274 e. The number of rotatable bonds is 10. The molecule has 2 saturated heterocycles. The van der Waals surface area contributed by atoms with Crippen LogP contribution >= 0.6 is 0 Å². The molecule has 0 aromatic carbocycles. The van der Waals surface area contributed by atoms with E-state index in [1.54, 1.807) is 55.4 Å². The predicted octanol–water partition coefficient (Wildman–Crippen LogP) is 2.29. The van der Waals surface area contributed by atoms with Crippen molar-refractivity contribution in [2.24, 2.45) is 23.7 Å². The number of carbonyl (C=O) groups excluding carboxylic acids is 4. The van der Waals surface area contributed by atoms with E-state index in [4.69, 9.17) is 0 Å². The Kier molecular flexibility index (Phi) is 12.6. The van der Waals surface area contributed by atoms with Crippen molar-refractivity contribution in [3.05, 3.63) is 128 Å². The van der Waals surface area contributed by atoms with Gasteiger partial charge in [-0.3, -0.25) is 38.7 Å². The molecule has 8 atom stereocenters. The van der Waals surface area contributed by atoms with Crippen LogP contribution in [0.4, 0.5) is 0 Å². The zero-order chi connectivity index (χ0) is 46.2. The van der Waals surface area contributed by atoms with Crippen molar-refractivity contribution in [2.75, 3.05) is 13.2 Å². The molecule has 4 N–H and O–H groups in total. The Balaban J connectivity index is 0.000000166. The average molecular weight is 899 g/mol. The molecule has 66 heavy (non-hydrogen) atoms. The fraction of sp³-hybridized carbons (Fsp3) is 0.458. The third-order valence-corrected chi connectivity index (χ3v) is 14.4. The van der Waals surface area contributed by atoms with E-state index in [1.807, 2.05) is 26.0 Å². The van der Waals surface area contributed by atoms with E-state index in [0.29, 0.717) is 22.5 Å². The number of hydrogen-bond acceptors (Lipinski definition) is 12. The van der Waals surface area contributed by atoms with Crippen LogP contribution in [0.3, 0.4) is 0 Å². The van der Waals surface area contributed by atoms with Crippen molar-refractivity contribution in [2.45, 2.75) is 102 Å². The highest BCUT2D eigenvalue weighted by molar-refractivity contribution is 5.95. The van der Waals surface area contributed by atoms with Gasteiger partial charge in [-0.1, -0.05) is 24.3 Å². The Morgan fingerprint density at radius 1 is 0.636 bits per heavy atom. The van der Waals surface area contributed by atoms with Gasteiger partial charge in [-0.05, 0) is 76.6 Å². The Labute approximate surface area is 380 Å². The van der Waals surface area contributed by atoms with Gasteiger partial charge in [0.2, 0.25) is 11.8 Å². The van der Waals surface area contributed by atoms with Crippen LogP contribution < -0.4 is 21.8 Å². The molecule has 6 aliphatic rings. The van der Waals surface area contributed by atoms with Crippen molar-refractivity contribution in [1.29, 1.82) is 0 Å². The molecule has 4 bridgehead atoms. The molecule has 18 heteroatoms. The fourth-order valence-electron chi connectivity index (χ4n) is 10.8. The first-order valence-corrected chi connectivity index (χ1v) is 22.8. The molecule has 10 rings (SSSR count). The van der Waals surface area contributed by atoms with Crippen LogP contribution in [-0.4, -0.2) is 110 Å². The molecular formula is C48H54N10O8. The lowest BCUT2D eigenvalue weighted by molar-refractivity contribution is -0.129. The summed E-state index contributed by atoms with van der Waals surface area (Å²) in [6.45, 7) is 3.58. The van der Waals surface area contributed by atoms with E-state index >= 15 is 0 Å². The number of aliphatic hydroxyl groups is 2. The molecule has 2 saturated carbocycles. The molecule has 8 heterocycles. The van der Waals surface area contributed by atoms with Crippen LogP contribution in [0.2, 0.25) is 0 Å². The minimum Gasteiger partial charge on any atom is -0.396 e. The number of aliphatic hydroxyl groups excluding tert-OH is 2. The smallest absolute Gasteiger partial charge is 0.274 e. The van der Waals surface area contributed by atoms with E-state index < -0.39 is 47.8 Å². The minimum absolute atomic E-state index is 0.126. The Morgan fingerprint density at radius 3 is 1.36 bits per heavy atom. The predicted molar refractivity (Wildman–Crippen MR) is 240 cm³/mol. The van der Waals surface area contributed by atoms with Crippen molar-refractivity contribution in [3.8, 4) is 0 Å². The lowest BCUT2D eigenvalue weighted by atomic mass is 9.85. The average Bonchev–Trinajstić information content (AvgIpc) is 3.70. The van der Waals surface area contributed by atoms with E-state index in [-0.39, 0.29) is 84.5 Å². The summed E-state index contributed by atoms with van der Waals surface area (Å²) in [5.74, 6) is -3.40. The summed E-state index contributed by atoms with van der Waals surface area (Å²) >= 11 is 0. The Hall–Kier alpha value is -6.66. The highest BCUT2D eigenvalue weighted by Crippen LogP contribution is 2.50. The maximum atomic E-state index is 13.6. The summed E-state index contributed by atoms with van der Waals surface area (Å²) in [6.07, 6.45) is 21.7. The molecule has 0 radical (unpaired) electrons. The molecule has 344 valence electrons. The van der Waals surface area contributed by atoms with Gasteiger partial charge in [-0.2, -0.15) is 0 Å². The number of allylic oxidation sites excluding steroid dienone is 2. The van der Waals surface area contributed by atoms with Crippen LogP contribution in [0.25, 0.3) is 12.2 Å². The first-order valence-electron chi connectivity index (χ1n) is 22.8. The van der Waals surface area contributed by atoms with Gasteiger partial charge >= 0.3 is 0 Å². The number of nitrogens with zero attached hydrogens (tertiary/aromatic N) is 8. The van der Waals surface area contributed by atoms with Crippen molar-refractivity contribution < 1.29 is 29.4 Å². The van der Waals surface area contributed by atoms with Gasteiger partial charge in [-0.25, -0.2) is 9.97 Å². The SMILES string of the molecule is C/C=C/c1ccc2n(c1=O)C[C@@H]1[C@@H](CO)[C@H](C(=O)NC3CCC3)[C@H]2N1C(=O)c1cnccn1.C/C=C\c1ccc2n(c1=O)C[C@@H]1[C@@H](CO)[C@H](C(=O)NC3CCC3)[C@H]2N1C(=O)c1cnccn1. The van der Waals surface area contributed by atoms with Crippen molar-refractivity contribution in [3.63, 3.8) is 0 Å². The zero-order valence-corrected chi connectivity index (χ0v) is 36.8. The largest absolute Gasteiger partial charge is 0.396 e. The molecule has 18 nitrogen and oxygen atoms in total. The molecule has 4 aromatic heterocycles. The van der Waals surface area contributed by atoms with Crippen LogP contribution in [-0.2, 0) is 22.7 Å². The van der Waals surface area contributed by atoms with Crippen molar-refractivity contribution >= 4 is 35.8 Å². The molecule has 0 spiro atoms. The molecule has 4 amide bonds. The van der Waals surface area contributed by atoms with Gasteiger partial charge < -0.3 is 39.8 Å². The number of nitrogens with one attached hydrogen (secondary N) is 2. The number of carbonyl (C=O) groups is 4. The molecule has 2 aliphatic carbocycles. The van der Waals surface area contributed by atoms with Gasteiger partial charge in [0.1, 0.15) is 11.4 Å². The first-order chi connectivity index (χ1) is 32.1. The Morgan fingerprint density at radius 2 is 1.05 bits per heavy atom. The van der Waals surface area contributed by atoms with Crippen LogP contribution in [0.1, 0.15) is 108 Å². The summed E-state index contributed by atoms with van der Waals surface area (Å²) in [5.41, 5.74) is 2.32. The van der Waals surface area contributed by atoms with Gasteiger partial charge in [-0.15, -0.1) is 0 Å². The number of pyridine rings is 2. The van der Waals surface area contributed by atoms with E-state index in [9.17, 15) is 39.0 Å². The molecular weight excluding hydrogens is 845 g/mol. The molecule has 0 unspecified atom stereocenters. The lowest BCUT2D eigenvalue weighted by Gasteiger charge is -2.38. The van der Waals surface area contributed by atoms with Crippen LogP contribution in [0.15, 0.2) is 83.2 Å². The summed E-state index contributed by atoms with van der Waals surface area (Å²) in [4.78, 5) is 100. The van der Waals surface area contributed by atoms with Crippen LogP contribution in [0, 0.1) is 23.7 Å². The normalized spacial score (nSPS) is 26.2. The van der Waals surface area contributed by atoms with E-state index in [1.165, 1.54) is 37.2 Å². The minimum atomic E-state index is -0.678. The maximum absolute atomic E-state index is 13.6. The second kappa shape index (κ2) is 18.7. The van der Waals surface area contributed by atoms with E-state index in [2.05, 4.69) is 30.6 Å². The second-order valence-corrected chi connectivity index (χ2v) is 17.9. The van der Waals surface area contributed by atoms with Gasteiger partial charge in [0.25, 0.3) is 22.9 Å². The van der Waals surface area contributed by atoms with Gasteiger partial charge in [0.05, 0.1) is 48.4 Å². The highest BCUT2D eigenvalue weighted by atomic mass is 16.3. The quantitative estimate of drug-likeness (QED) is 0.180. The van der Waals surface area contributed by atoms with Crippen molar-refractivity contribution in [1.82, 2.24) is 49.5 Å². The number of amides is 4. The number of fused-ring (bicyclic) bond motifs is 8. The third kappa shape index (κ3) is 7.74. The summed E-state index contributed by atoms with van der Waals surface area (Å²) < 4.78 is 3.31. The Bertz CT molecular complexity index is 2500. The number of hydrogen-bond donors (Lipinski definition) is 4. The van der Waals surface area contributed by atoms with Gasteiger partial charge in [0, 0.05) is 97.5 Å². The standard InChI is InChI=1S/2C24H27N5O4/c2*1-2-4-14-7-8-18-21-20(22(31)27-15-5-3-6-15)16(13-30)19(12-28(18)23(14)32)29(21)24(33)17-11-25-9-10-26-17/h2*2,4,7-11,15-16,19-21,30H,3,5-6,12-13H2,1H3,(H,27,31)/b4-2+;4-2-/t2*16-,19-,20+,21+/m11/s1. The fourth-order valence-corrected chi connectivity index (χ4v) is 10.8. The summed E-state index contributed by atoms with van der Waals surface area (Å²) in [6, 6.07) is 4.96. The summed E-state index contributed by atoms with van der Waals surface area (Å²) in [5, 5.41) is 26.9. The third-order valence-electron chi connectivity index (χ3n) is 14.4. The molecule has 4 aliphatic heterocycles. The van der Waals surface area contributed by atoms with Gasteiger partial charge in [0.15, 0.2) is 0 Å². The lowest BCUT2D eigenvalue weighted by Crippen LogP contribution is -2.49. The first kappa shape index (κ1) is 44.5. The molecule has 4 fully saturated rings. The van der Waals surface area contributed by atoms with E-state index in [0.717, 1.165) is 38.5 Å². The second-order valence-electron chi connectivity index (χ2n) is 17.9. The number of aromatic nitrogens is 6. The topological polar surface area (TPSA) is 235 Å². The zero-order valence-electron chi connectivity index (χ0n) is 36.8. The summed E-state index contributed by atoms with van der Waals surface area (Å²) in [7, 11) is 0. The monoisotopic (exact) mass is 898 g/mol.